The molecule has 0 radical (unpaired) electrons. The number of hydrogen-bond acceptors (Lipinski definition) is 1. The minimum absolute atomic E-state index is 0.248. The number of alkyl halides is 4. The molecule has 18 heavy (non-hydrogen) atoms. The second kappa shape index (κ2) is 4.46. The number of imidazole rings is 1. The lowest BCUT2D eigenvalue weighted by atomic mass is 10.2. The van der Waals surface area contributed by atoms with Crippen molar-refractivity contribution in [3.05, 3.63) is 29.6 Å². The zero-order valence-electron chi connectivity index (χ0n) is 9.92. The van der Waals surface area contributed by atoms with Gasteiger partial charge in [0.15, 0.2) is 0 Å². The Morgan fingerprint density at radius 3 is 2.61 bits per heavy atom. The molecule has 2 rings (SSSR count). The Labute approximate surface area is 107 Å². The molecule has 0 saturated carbocycles. The summed E-state index contributed by atoms with van der Waals surface area (Å²) in [5.74, 6) is 0.248. The standard InChI is InChI=1S/C12H12ClF3N2/c1-7-4-3-5-9-10(7)18(6-12(14,15)16)11(17-9)8(2)13/h3-5,8H,6H2,1-2H3. The van der Waals surface area contributed by atoms with Crippen LogP contribution in [0.4, 0.5) is 13.2 Å². The second-order valence-electron chi connectivity index (χ2n) is 4.23. The van der Waals surface area contributed by atoms with Crippen LogP contribution in [0.1, 0.15) is 23.7 Å². The third-order valence-corrected chi connectivity index (χ3v) is 2.89. The van der Waals surface area contributed by atoms with Crippen LogP contribution in [0.5, 0.6) is 0 Å². The van der Waals surface area contributed by atoms with E-state index in [0.717, 1.165) is 10.1 Å². The van der Waals surface area contributed by atoms with Crippen LogP contribution in [0, 0.1) is 6.92 Å². The number of nitrogens with zero attached hydrogens (tertiary/aromatic N) is 2. The van der Waals surface area contributed by atoms with Gasteiger partial charge in [0, 0.05) is 0 Å². The predicted octanol–water partition coefficient (Wildman–Crippen LogP) is 4.21. The van der Waals surface area contributed by atoms with E-state index in [4.69, 9.17) is 11.6 Å². The predicted molar refractivity (Wildman–Crippen MR) is 64.8 cm³/mol. The highest BCUT2D eigenvalue weighted by molar-refractivity contribution is 6.20. The molecular weight excluding hydrogens is 265 g/mol. The van der Waals surface area contributed by atoms with Crippen molar-refractivity contribution in [2.75, 3.05) is 0 Å². The number of hydrogen-bond donors (Lipinski definition) is 0. The molecule has 1 aromatic heterocycles. The van der Waals surface area contributed by atoms with Gasteiger partial charge in [0.1, 0.15) is 12.4 Å². The lowest BCUT2D eigenvalue weighted by molar-refractivity contribution is -0.140. The van der Waals surface area contributed by atoms with E-state index in [1.54, 1.807) is 32.0 Å². The van der Waals surface area contributed by atoms with Crippen LogP contribution in [-0.4, -0.2) is 15.7 Å². The monoisotopic (exact) mass is 276 g/mol. The van der Waals surface area contributed by atoms with Crippen LogP contribution in [-0.2, 0) is 6.54 Å². The molecule has 0 fully saturated rings. The van der Waals surface area contributed by atoms with Crippen LogP contribution in [0.2, 0.25) is 0 Å². The Hall–Kier alpha value is -1.23. The van der Waals surface area contributed by atoms with Crippen molar-refractivity contribution >= 4 is 22.6 Å². The molecule has 0 amide bonds. The summed E-state index contributed by atoms with van der Waals surface area (Å²) in [6.07, 6.45) is -4.30. The average Bonchev–Trinajstić information content (AvgIpc) is 2.56. The number of benzene rings is 1. The van der Waals surface area contributed by atoms with Crippen molar-refractivity contribution in [2.45, 2.75) is 31.9 Å². The number of rotatable bonds is 2. The molecule has 2 nitrogen and oxygen atoms in total. The van der Waals surface area contributed by atoms with Gasteiger partial charge in [-0.05, 0) is 25.5 Å². The van der Waals surface area contributed by atoms with E-state index >= 15 is 0 Å². The Kier molecular flexibility index (Phi) is 3.27. The second-order valence-corrected chi connectivity index (χ2v) is 4.88. The van der Waals surface area contributed by atoms with E-state index in [1.807, 2.05) is 0 Å². The maximum absolute atomic E-state index is 12.6. The summed E-state index contributed by atoms with van der Waals surface area (Å²) in [6, 6.07) is 5.23. The molecule has 98 valence electrons. The maximum atomic E-state index is 12.6. The average molecular weight is 277 g/mol. The molecule has 0 bridgehead atoms. The zero-order chi connectivity index (χ0) is 13.5. The summed E-state index contributed by atoms with van der Waals surface area (Å²) in [7, 11) is 0. The molecule has 0 spiro atoms. The minimum Gasteiger partial charge on any atom is -0.317 e. The van der Waals surface area contributed by atoms with Crippen molar-refractivity contribution in [1.29, 1.82) is 0 Å². The smallest absolute Gasteiger partial charge is 0.317 e. The Morgan fingerprint density at radius 2 is 2.06 bits per heavy atom. The first-order valence-electron chi connectivity index (χ1n) is 5.46. The molecular formula is C12H12ClF3N2. The highest BCUT2D eigenvalue weighted by Crippen LogP contribution is 2.29. The molecule has 6 heteroatoms. The molecule has 0 aliphatic rings. The van der Waals surface area contributed by atoms with Gasteiger partial charge < -0.3 is 4.57 Å². The molecule has 1 heterocycles. The Bertz CT molecular complexity index is 572. The number of fused-ring (bicyclic) bond motifs is 1. The fraction of sp³-hybridized carbons (Fsp3) is 0.417. The van der Waals surface area contributed by atoms with Crippen molar-refractivity contribution in [1.82, 2.24) is 9.55 Å². The quantitative estimate of drug-likeness (QED) is 0.752. The Balaban J connectivity index is 2.69. The summed E-state index contributed by atoms with van der Waals surface area (Å²) >= 11 is 5.91. The summed E-state index contributed by atoms with van der Waals surface area (Å²) in [6.45, 7) is 2.31. The summed E-state index contributed by atoms with van der Waals surface area (Å²) in [5.41, 5.74) is 1.80. The van der Waals surface area contributed by atoms with Gasteiger partial charge in [-0.15, -0.1) is 11.6 Å². The zero-order valence-corrected chi connectivity index (χ0v) is 10.7. The number of halogens is 4. The fourth-order valence-corrected chi connectivity index (χ4v) is 2.19. The van der Waals surface area contributed by atoms with Crippen LogP contribution >= 0.6 is 11.6 Å². The SMILES string of the molecule is Cc1cccc2nc(C(C)Cl)n(CC(F)(F)F)c12. The molecule has 0 aliphatic carbocycles. The van der Waals surface area contributed by atoms with Crippen molar-refractivity contribution in [3.8, 4) is 0 Å². The lowest BCUT2D eigenvalue weighted by Crippen LogP contribution is -2.20. The first kappa shape index (κ1) is 13.2. The van der Waals surface area contributed by atoms with E-state index in [1.165, 1.54) is 0 Å². The third-order valence-electron chi connectivity index (χ3n) is 2.69. The van der Waals surface area contributed by atoms with Crippen LogP contribution < -0.4 is 0 Å². The van der Waals surface area contributed by atoms with Gasteiger partial charge in [-0.2, -0.15) is 13.2 Å². The highest BCUT2D eigenvalue weighted by atomic mass is 35.5. The third kappa shape index (κ3) is 2.46. The summed E-state index contributed by atoms with van der Waals surface area (Å²) in [5, 5.41) is -0.570. The molecule has 0 saturated heterocycles. The molecule has 1 unspecified atom stereocenters. The number of para-hydroxylation sites is 1. The van der Waals surface area contributed by atoms with Crippen molar-refractivity contribution < 1.29 is 13.2 Å². The topological polar surface area (TPSA) is 17.8 Å². The molecule has 2 aromatic rings. The van der Waals surface area contributed by atoms with Gasteiger partial charge in [-0.1, -0.05) is 12.1 Å². The van der Waals surface area contributed by atoms with Crippen molar-refractivity contribution in [2.24, 2.45) is 0 Å². The number of aromatic nitrogens is 2. The largest absolute Gasteiger partial charge is 0.406 e. The lowest BCUT2D eigenvalue weighted by Gasteiger charge is -2.13. The van der Waals surface area contributed by atoms with Gasteiger partial charge in [0.25, 0.3) is 0 Å². The van der Waals surface area contributed by atoms with E-state index in [2.05, 4.69) is 4.98 Å². The van der Waals surface area contributed by atoms with Crippen LogP contribution in [0.25, 0.3) is 11.0 Å². The van der Waals surface area contributed by atoms with Gasteiger partial charge in [0.05, 0.1) is 16.4 Å². The molecule has 1 atom stereocenters. The first-order chi connectivity index (χ1) is 8.29. The molecule has 0 N–H and O–H groups in total. The van der Waals surface area contributed by atoms with Crippen LogP contribution in [0.3, 0.4) is 0 Å². The molecule has 1 aromatic carbocycles. The number of aryl methyl sites for hydroxylation is 1. The van der Waals surface area contributed by atoms with E-state index in [0.29, 0.717) is 11.0 Å². The Morgan fingerprint density at radius 1 is 1.39 bits per heavy atom. The molecule has 0 aliphatic heterocycles. The van der Waals surface area contributed by atoms with Gasteiger partial charge in [0.2, 0.25) is 0 Å². The van der Waals surface area contributed by atoms with Crippen molar-refractivity contribution in [3.63, 3.8) is 0 Å². The highest BCUT2D eigenvalue weighted by Gasteiger charge is 2.31. The summed E-state index contributed by atoms with van der Waals surface area (Å²) < 4.78 is 39.0. The van der Waals surface area contributed by atoms with E-state index in [-0.39, 0.29) is 5.82 Å². The summed E-state index contributed by atoms with van der Waals surface area (Å²) in [4.78, 5) is 4.19. The minimum atomic E-state index is -4.30. The van der Waals surface area contributed by atoms with Gasteiger partial charge >= 0.3 is 6.18 Å². The normalized spacial score (nSPS) is 14.1. The van der Waals surface area contributed by atoms with Gasteiger partial charge in [-0.25, -0.2) is 4.98 Å². The fourth-order valence-electron chi connectivity index (χ4n) is 2.03. The first-order valence-corrected chi connectivity index (χ1v) is 5.90. The van der Waals surface area contributed by atoms with E-state index < -0.39 is 18.1 Å². The van der Waals surface area contributed by atoms with Crippen LogP contribution in [0.15, 0.2) is 18.2 Å². The van der Waals surface area contributed by atoms with Gasteiger partial charge in [-0.3, -0.25) is 0 Å². The maximum Gasteiger partial charge on any atom is 0.406 e. The van der Waals surface area contributed by atoms with E-state index in [9.17, 15) is 13.2 Å².